The van der Waals surface area contributed by atoms with Gasteiger partial charge >= 0.3 is 99.2 Å². The molecule has 0 aromatic heterocycles. The number of rotatable bonds is 3. The zero-order valence-electron chi connectivity index (χ0n) is 28.2. The van der Waals surface area contributed by atoms with E-state index in [0.29, 0.717) is 11.3 Å². The fourth-order valence-corrected chi connectivity index (χ4v) is 7.43. The van der Waals surface area contributed by atoms with Crippen molar-refractivity contribution in [3.8, 4) is 11.1 Å². The van der Waals surface area contributed by atoms with Gasteiger partial charge in [0.15, 0.2) is 0 Å². The Morgan fingerprint density at radius 3 is 1.83 bits per heavy atom. The Balaban J connectivity index is 0.000000186. The first-order valence-electron chi connectivity index (χ1n) is 16.3. The van der Waals surface area contributed by atoms with Gasteiger partial charge < -0.3 is 24.8 Å². The molecule has 3 aliphatic carbocycles. The van der Waals surface area contributed by atoms with Crippen LogP contribution >= 0.6 is 0 Å². The molecule has 0 nitrogen and oxygen atoms in total. The number of aryl methyl sites for hydroxylation is 4. The van der Waals surface area contributed by atoms with E-state index in [4.69, 9.17) is 0 Å². The molecule has 0 amide bonds. The van der Waals surface area contributed by atoms with Gasteiger partial charge in [-0.2, -0.15) is 34.9 Å². The van der Waals surface area contributed by atoms with Crippen LogP contribution < -0.4 is 24.8 Å². The summed E-state index contributed by atoms with van der Waals surface area (Å²) in [7, 11) is 0. The molecule has 0 saturated heterocycles. The van der Waals surface area contributed by atoms with Crippen molar-refractivity contribution in [1.82, 2.24) is 0 Å². The molecule has 0 spiro atoms. The fraction of sp³-hybridized carbons (Fsp3) is 0.326. The van der Waals surface area contributed by atoms with Crippen LogP contribution in [0.15, 0.2) is 96.6 Å². The second kappa shape index (κ2) is 17.2. The van der Waals surface area contributed by atoms with Crippen LogP contribution in [-0.2, 0) is 30.7 Å². The Kier molecular flexibility index (Phi) is 14.3. The van der Waals surface area contributed by atoms with Crippen molar-refractivity contribution in [2.24, 2.45) is 11.3 Å². The van der Waals surface area contributed by atoms with Gasteiger partial charge in [0.05, 0.1) is 0 Å². The summed E-state index contributed by atoms with van der Waals surface area (Å²) >= 11 is 1.46. The molecule has 3 heteroatoms. The van der Waals surface area contributed by atoms with Crippen molar-refractivity contribution in [2.75, 3.05) is 0 Å². The van der Waals surface area contributed by atoms with Gasteiger partial charge in [0.25, 0.3) is 0 Å². The van der Waals surface area contributed by atoms with E-state index in [2.05, 4.69) is 145 Å². The normalized spacial score (nSPS) is 16.6. The zero-order chi connectivity index (χ0) is 31.3. The minimum absolute atomic E-state index is 0. The Morgan fingerprint density at radius 1 is 0.739 bits per heavy atom. The summed E-state index contributed by atoms with van der Waals surface area (Å²) in [6.07, 6.45) is 16.1. The van der Waals surface area contributed by atoms with Crippen molar-refractivity contribution >= 4 is 3.21 Å². The average molecular weight is 725 g/mol. The van der Waals surface area contributed by atoms with Crippen LogP contribution in [-0.4, -0.2) is 3.21 Å². The van der Waals surface area contributed by atoms with E-state index in [-0.39, 0.29) is 24.8 Å². The Hall–Kier alpha value is -2.31. The van der Waals surface area contributed by atoms with Gasteiger partial charge in [-0.3, -0.25) is 6.08 Å². The predicted octanol–water partition coefficient (Wildman–Crippen LogP) is 4.99. The first kappa shape index (κ1) is 38.1. The maximum absolute atomic E-state index is 3.54. The molecule has 3 aliphatic rings. The molecule has 1 saturated carbocycles. The Bertz CT molecular complexity index is 1580. The Morgan fingerprint density at radius 2 is 1.28 bits per heavy atom. The third-order valence-electron chi connectivity index (χ3n) is 9.70. The minimum atomic E-state index is 0. The summed E-state index contributed by atoms with van der Waals surface area (Å²) in [5, 5.41) is 0. The monoisotopic (exact) mass is 722 g/mol. The van der Waals surface area contributed by atoms with Crippen molar-refractivity contribution in [3.63, 3.8) is 0 Å². The van der Waals surface area contributed by atoms with Crippen LogP contribution in [0.4, 0.5) is 0 Å². The molecule has 0 bridgehead atoms. The van der Waals surface area contributed by atoms with Gasteiger partial charge in [-0.25, -0.2) is 6.08 Å². The third-order valence-corrected chi connectivity index (χ3v) is 11.1. The van der Waals surface area contributed by atoms with E-state index >= 15 is 0 Å². The van der Waals surface area contributed by atoms with Gasteiger partial charge in [-0.1, -0.05) is 88.8 Å². The molecular formula is C43H46Cl2Zr-2. The van der Waals surface area contributed by atoms with E-state index in [1.165, 1.54) is 115 Å². The second-order valence-corrected chi connectivity index (χ2v) is 14.4. The van der Waals surface area contributed by atoms with Crippen molar-refractivity contribution < 1.29 is 49.0 Å². The topological polar surface area (TPSA) is 0 Å². The first-order valence-corrected chi connectivity index (χ1v) is 17.5. The Labute approximate surface area is 306 Å². The molecule has 0 radical (unpaired) electrons. The molecular weight excluding hydrogens is 679 g/mol. The number of hydrogen-bond donors (Lipinski definition) is 0. The molecule has 0 heterocycles. The standard InChI is InChI=1S/C17H17.C13H19.C13H10.2ClH.Zr/c1-10-5-14-9-15-6-11(2)13(4)8-17(15)16(14)7-12(10)3;1-11-6-7-12(10-11)13(2)8-4-3-5-9-13;1-3-7-12(8-4-1)11-13-9-5-2-6-10-13;;;/h5,7-8H,9H2,1-4H3;7,10-11H,3-5,8-9H2,1-2H3;1-10H;2*1H;/q2*-1;;;;+2/p-2. The molecule has 7 rings (SSSR count). The first-order chi connectivity index (χ1) is 21.1. The van der Waals surface area contributed by atoms with Crippen LogP contribution in [0.1, 0.15) is 90.5 Å². The molecule has 0 aliphatic heterocycles. The molecule has 4 aromatic carbocycles. The van der Waals surface area contributed by atoms with E-state index < -0.39 is 0 Å². The molecule has 4 aromatic rings. The SMILES string of the molecule is CC1[C-]=CC(C2(C)CCCCC2)=C1.Cc1[c-]c2c(cc1C)-c1cc(C)c(C)cc1C2.[Cl-].[Cl-].[Zr+2]=[C](c1ccccc1)c1ccccc1. The maximum atomic E-state index is 3.54. The molecule has 46 heavy (non-hydrogen) atoms. The van der Waals surface area contributed by atoms with Crippen LogP contribution in [0.3, 0.4) is 0 Å². The van der Waals surface area contributed by atoms with Crippen LogP contribution in [0.5, 0.6) is 0 Å². The van der Waals surface area contributed by atoms with E-state index in [1.54, 1.807) is 5.57 Å². The molecule has 238 valence electrons. The second-order valence-electron chi connectivity index (χ2n) is 13.2. The summed E-state index contributed by atoms with van der Waals surface area (Å²) in [5.41, 5.74) is 15.7. The molecule has 1 atom stereocenters. The zero-order valence-corrected chi connectivity index (χ0v) is 32.2. The van der Waals surface area contributed by atoms with Crippen molar-refractivity contribution in [3.05, 3.63) is 153 Å². The quantitative estimate of drug-likeness (QED) is 0.230. The summed E-state index contributed by atoms with van der Waals surface area (Å²) in [5.74, 6) is 0.550. The van der Waals surface area contributed by atoms with Crippen molar-refractivity contribution in [2.45, 2.75) is 80.1 Å². The number of halogens is 2. The molecule has 1 unspecified atom stereocenters. The number of hydrogen-bond acceptors (Lipinski definition) is 0. The number of allylic oxidation sites excluding steroid dienone is 4. The van der Waals surface area contributed by atoms with Gasteiger partial charge in [-0.05, 0) is 37.0 Å². The van der Waals surface area contributed by atoms with E-state index in [1.807, 2.05) is 0 Å². The number of benzene rings is 4. The summed E-state index contributed by atoms with van der Waals surface area (Å²) in [6, 6.07) is 31.6. The fourth-order valence-electron chi connectivity index (χ4n) is 6.61. The van der Waals surface area contributed by atoms with Gasteiger partial charge in [0, 0.05) is 0 Å². The van der Waals surface area contributed by atoms with Gasteiger partial charge in [0.2, 0.25) is 0 Å². The van der Waals surface area contributed by atoms with E-state index in [9.17, 15) is 0 Å². The summed E-state index contributed by atoms with van der Waals surface area (Å²) in [4.78, 5) is 0. The molecule has 1 fully saturated rings. The van der Waals surface area contributed by atoms with Crippen LogP contribution in [0.25, 0.3) is 11.1 Å². The van der Waals surface area contributed by atoms with E-state index in [0.717, 1.165) is 6.42 Å². The van der Waals surface area contributed by atoms with Crippen molar-refractivity contribution in [1.29, 1.82) is 0 Å². The van der Waals surface area contributed by atoms with Gasteiger partial charge in [-0.15, -0.1) is 11.1 Å². The summed E-state index contributed by atoms with van der Waals surface area (Å²) in [6.45, 7) is 13.3. The third kappa shape index (κ3) is 9.19. The number of fused-ring (bicyclic) bond motifs is 3. The van der Waals surface area contributed by atoms with Crippen LogP contribution in [0.2, 0.25) is 0 Å². The molecule has 0 N–H and O–H groups in total. The average Bonchev–Trinajstić information content (AvgIpc) is 3.62. The van der Waals surface area contributed by atoms with Crippen LogP contribution in [0, 0.1) is 51.2 Å². The van der Waals surface area contributed by atoms with Gasteiger partial charge in [0.1, 0.15) is 0 Å². The predicted molar refractivity (Wildman–Crippen MR) is 185 cm³/mol. The summed E-state index contributed by atoms with van der Waals surface area (Å²) < 4.78 is 1.42.